The van der Waals surface area contributed by atoms with Crippen LogP contribution >= 0.6 is 34.5 Å². The van der Waals surface area contributed by atoms with Crippen LogP contribution < -0.4 is 10.9 Å². The molecular weight excluding hydrogens is 441 g/mol. The Morgan fingerprint density at radius 1 is 1.13 bits per heavy atom. The van der Waals surface area contributed by atoms with Gasteiger partial charge in [-0.15, -0.1) is 11.3 Å². The van der Waals surface area contributed by atoms with Crippen LogP contribution in [-0.2, 0) is 6.54 Å². The van der Waals surface area contributed by atoms with E-state index in [1.54, 1.807) is 19.1 Å². The SMILES string of the molecule is Cc1ccccc1NC(=O)c1sc2ncn(Cc3ccc(Cl)c(Cl)c3)c(=O)c2c1C. The van der Waals surface area contributed by atoms with Crippen LogP contribution in [0.5, 0.6) is 0 Å². The Morgan fingerprint density at radius 3 is 2.63 bits per heavy atom. The van der Waals surface area contributed by atoms with E-state index in [0.717, 1.165) is 16.8 Å². The van der Waals surface area contributed by atoms with Crippen LogP contribution in [0.1, 0.15) is 26.4 Å². The molecule has 30 heavy (non-hydrogen) atoms. The van der Waals surface area contributed by atoms with Gasteiger partial charge in [-0.3, -0.25) is 14.2 Å². The first-order valence-corrected chi connectivity index (χ1v) is 10.7. The van der Waals surface area contributed by atoms with Crippen LogP contribution in [0.3, 0.4) is 0 Å². The van der Waals surface area contributed by atoms with Gasteiger partial charge in [-0.25, -0.2) is 4.98 Å². The molecule has 2 heterocycles. The molecule has 0 spiro atoms. The normalized spacial score (nSPS) is 11.1. The minimum atomic E-state index is -0.250. The number of nitrogens with zero attached hydrogens (tertiary/aromatic N) is 2. The number of carbonyl (C=O) groups excluding carboxylic acids is 1. The van der Waals surface area contributed by atoms with E-state index in [2.05, 4.69) is 10.3 Å². The van der Waals surface area contributed by atoms with Gasteiger partial charge in [-0.05, 0) is 48.7 Å². The fourth-order valence-corrected chi connectivity index (χ4v) is 4.57. The molecule has 2 aromatic heterocycles. The van der Waals surface area contributed by atoms with E-state index in [0.29, 0.717) is 37.2 Å². The molecule has 5 nitrogen and oxygen atoms in total. The Hall–Kier alpha value is -2.67. The summed E-state index contributed by atoms with van der Waals surface area (Å²) in [5.41, 5.74) is 2.96. The average molecular weight is 458 g/mol. The number of rotatable bonds is 4. The minimum absolute atomic E-state index is 0.199. The number of nitrogens with one attached hydrogen (secondary N) is 1. The van der Waals surface area contributed by atoms with Gasteiger partial charge in [-0.2, -0.15) is 0 Å². The van der Waals surface area contributed by atoms with Crippen molar-refractivity contribution in [2.24, 2.45) is 0 Å². The molecule has 0 aliphatic heterocycles. The predicted octanol–water partition coefficient (Wildman–Crippen LogP) is 5.68. The van der Waals surface area contributed by atoms with Crippen molar-refractivity contribution in [3.63, 3.8) is 0 Å². The second-order valence-electron chi connectivity index (χ2n) is 6.93. The predicted molar refractivity (Wildman–Crippen MR) is 123 cm³/mol. The highest BCUT2D eigenvalue weighted by molar-refractivity contribution is 7.20. The highest BCUT2D eigenvalue weighted by Crippen LogP contribution is 2.28. The standard InChI is InChI=1S/C22H17Cl2N3O2S/c1-12-5-3-4-6-17(12)26-20(28)19-13(2)18-21(30-19)25-11-27(22(18)29)10-14-7-8-15(23)16(24)9-14/h3-9,11H,10H2,1-2H3,(H,26,28). The number of thiophene rings is 1. The first kappa shape index (κ1) is 20.6. The van der Waals surface area contributed by atoms with Crippen LogP contribution in [-0.4, -0.2) is 15.5 Å². The number of fused-ring (bicyclic) bond motifs is 1. The van der Waals surface area contributed by atoms with E-state index in [4.69, 9.17) is 23.2 Å². The van der Waals surface area contributed by atoms with Crippen molar-refractivity contribution in [3.05, 3.63) is 90.8 Å². The topological polar surface area (TPSA) is 64.0 Å². The van der Waals surface area contributed by atoms with E-state index in [1.807, 2.05) is 37.3 Å². The number of para-hydroxylation sites is 1. The summed E-state index contributed by atoms with van der Waals surface area (Å²) < 4.78 is 1.50. The third-order valence-corrected chi connectivity index (χ3v) is 6.79. The molecule has 8 heteroatoms. The van der Waals surface area contributed by atoms with Gasteiger partial charge in [0, 0.05) is 5.69 Å². The molecule has 2 aromatic carbocycles. The summed E-state index contributed by atoms with van der Waals surface area (Å²) in [7, 11) is 0. The van der Waals surface area contributed by atoms with Crippen molar-refractivity contribution in [2.75, 3.05) is 5.32 Å². The van der Waals surface area contributed by atoms with Crippen molar-refractivity contribution < 1.29 is 4.79 Å². The average Bonchev–Trinajstić information content (AvgIpc) is 3.06. The Morgan fingerprint density at radius 2 is 1.90 bits per heavy atom. The van der Waals surface area contributed by atoms with Gasteiger partial charge in [0.05, 0.1) is 33.2 Å². The Balaban J connectivity index is 1.69. The molecule has 152 valence electrons. The largest absolute Gasteiger partial charge is 0.321 e. The zero-order valence-corrected chi connectivity index (χ0v) is 18.5. The molecular formula is C22H17Cl2N3O2S. The molecule has 0 atom stereocenters. The lowest BCUT2D eigenvalue weighted by molar-refractivity contribution is 0.103. The molecule has 0 unspecified atom stereocenters. The lowest BCUT2D eigenvalue weighted by Crippen LogP contribution is -2.21. The molecule has 1 N–H and O–H groups in total. The van der Waals surface area contributed by atoms with E-state index in [-0.39, 0.29) is 11.5 Å². The molecule has 0 saturated heterocycles. The second-order valence-corrected chi connectivity index (χ2v) is 8.74. The van der Waals surface area contributed by atoms with Gasteiger partial charge in [0.15, 0.2) is 0 Å². The fraction of sp³-hybridized carbons (Fsp3) is 0.136. The van der Waals surface area contributed by atoms with E-state index in [1.165, 1.54) is 22.2 Å². The zero-order valence-electron chi connectivity index (χ0n) is 16.2. The Kier molecular flexibility index (Phi) is 5.64. The number of aromatic nitrogens is 2. The maximum absolute atomic E-state index is 13.1. The van der Waals surface area contributed by atoms with E-state index >= 15 is 0 Å². The molecule has 1 amide bonds. The van der Waals surface area contributed by atoms with Crippen molar-refractivity contribution in [1.29, 1.82) is 0 Å². The van der Waals surface area contributed by atoms with Gasteiger partial charge in [-0.1, -0.05) is 47.5 Å². The number of hydrogen-bond acceptors (Lipinski definition) is 4. The van der Waals surface area contributed by atoms with Gasteiger partial charge in [0.1, 0.15) is 4.83 Å². The molecule has 0 saturated carbocycles. The molecule has 0 aliphatic rings. The summed E-state index contributed by atoms with van der Waals surface area (Å²) in [6, 6.07) is 12.8. The molecule has 0 aliphatic carbocycles. The Bertz CT molecular complexity index is 1340. The maximum Gasteiger partial charge on any atom is 0.266 e. The maximum atomic E-state index is 13.1. The fourth-order valence-electron chi connectivity index (χ4n) is 3.22. The van der Waals surface area contributed by atoms with Gasteiger partial charge in [0.2, 0.25) is 0 Å². The van der Waals surface area contributed by atoms with Crippen LogP contribution in [0, 0.1) is 13.8 Å². The molecule has 4 rings (SSSR count). The van der Waals surface area contributed by atoms with Crippen molar-refractivity contribution in [3.8, 4) is 0 Å². The molecule has 4 aromatic rings. The third kappa shape index (κ3) is 3.86. The number of benzene rings is 2. The van der Waals surface area contributed by atoms with Gasteiger partial charge >= 0.3 is 0 Å². The first-order valence-electron chi connectivity index (χ1n) is 9.14. The summed E-state index contributed by atoms with van der Waals surface area (Å²) in [5.74, 6) is -0.250. The second kappa shape index (κ2) is 8.22. The van der Waals surface area contributed by atoms with Crippen LogP contribution in [0.2, 0.25) is 10.0 Å². The third-order valence-electron chi connectivity index (χ3n) is 4.85. The summed E-state index contributed by atoms with van der Waals surface area (Å²) in [6.07, 6.45) is 1.49. The first-order chi connectivity index (χ1) is 14.3. The summed E-state index contributed by atoms with van der Waals surface area (Å²) in [4.78, 5) is 31.4. The summed E-state index contributed by atoms with van der Waals surface area (Å²) in [6.45, 7) is 4.01. The Labute approximate surface area is 186 Å². The number of carbonyl (C=O) groups is 1. The van der Waals surface area contributed by atoms with E-state index in [9.17, 15) is 9.59 Å². The van der Waals surface area contributed by atoms with E-state index < -0.39 is 0 Å². The number of amides is 1. The zero-order chi connectivity index (χ0) is 21.4. The summed E-state index contributed by atoms with van der Waals surface area (Å²) >= 11 is 13.3. The lowest BCUT2D eigenvalue weighted by atomic mass is 10.1. The highest BCUT2D eigenvalue weighted by atomic mass is 35.5. The van der Waals surface area contributed by atoms with Crippen LogP contribution in [0.25, 0.3) is 10.2 Å². The number of halogens is 2. The number of hydrogen-bond donors (Lipinski definition) is 1. The quantitative estimate of drug-likeness (QED) is 0.428. The van der Waals surface area contributed by atoms with Crippen molar-refractivity contribution in [2.45, 2.75) is 20.4 Å². The van der Waals surface area contributed by atoms with Gasteiger partial charge in [0.25, 0.3) is 11.5 Å². The highest BCUT2D eigenvalue weighted by Gasteiger charge is 2.20. The minimum Gasteiger partial charge on any atom is -0.321 e. The molecule has 0 bridgehead atoms. The number of aryl methyl sites for hydroxylation is 2. The van der Waals surface area contributed by atoms with Gasteiger partial charge < -0.3 is 5.32 Å². The van der Waals surface area contributed by atoms with Crippen LogP contribution in [0.15, 0.2) is 53.6 Å². The molecule has 0 fully saturated rings. The van der Waals surface area contributed by atoms with Crippen LogP contribution in [0.4, 0.5) is 5.69 Å². The lowest BCUT2D eigenvalue weighted by Gasteiger charge is -2.07. The monoisotopic (exact) mass is 457 g/mol. The number of anilines is 1. The molecule has 0 radical (unpaired) electrons. The smallest absolute Gasteiger partial charge is 0.266 e. The van der Waals surface area contributed by atoms with Crippen molar-refractivity contribution in [1.82, 2.24) is 9.55 Å². The van der Waals surface area contributed by atoms with Crippen molar-refractivity contribution >= 4 is 56.3 Å². The summed E-state index contributed by atoms with van der Waals surface area (Å²) in [5, 5.41) is 4.26.